The Morgan fingerprint density at radius 3 is 2.68 bits per heavy atom. The van der Waals surface area contributed by atoms with Crippen molar-refractivity contribution in [3.05, 3.63) is 35.9 Å². The summed E-state index contributed by atoms with van der Waals surface area (Å²) >= 11 is 0. The number of hydrogen-bond donors (Lipinski definition) is 1. The standard InChI is InChI=1S/C14H17F2NO4S/c1-22(19,20)10-4-9-17-13(18)8-7-11-5-2-3-6-12(11)21-14(15)16/h2-3,5-8,14H,4,9-10H2,1H3,(H,17,18)/b8-7+. The van der Waals surface area contributed by atoms with Gasteiger partial charge in [0.2, 0.25) is 5.91 Å². The Balaban J connectivity index is 2.52. The molecule has 0 aliphatic rings. The van der Waals surface area contributed by atoms with Gasteiger partial charge in [0.15, 0.2) is 0 Å². The molecule has 0 fully saturated rings. The number of carbonyl (C=O) groups is 1. The Kier molecular flexibility index (Phi) is 6.97. The Hall–Kier alpha value is -1.96. The van der Waals surface area contributed by atoms with Crippen LogP contribution >= 0.6 is 0 Å². The normalized spacial score (nSPS) is 11.8. The molecule has 5 nitrogen and oxygen atoms in total. The molecule has 1 rings (SSSR count). The van der Waals surface area contributed by atoms with E-state index < -0.39 is 22.4 Å². The molecule has 0 aliphatic carbocycles. The number of carbonyl (C=O) groups excluding carboxylic acids is 1. The average molecular weight is 333 g/mol. The molecule has 0 aromatic heterocycles. The van der Waals surface area contributed by atoms with Crippen LogP contribution in [0.25, 0.3) is 6.08 Å². The molecule has 0 bridgehead atoms. The second-order valence-electron chi connectivity index (χ2n) is 4.52. The van der Waals surface area contributed by atoms with Crippen molar-refractivity contribution in [3.63, 3.8) is 0 Å². The molecule has 1 amide bonds. The third-order valence-corrected chi connectivity index (χ3v) is 3.57. The Labute approximate surface area is 127 Å². The lowest BCUT2D eigenvalue weighted by molar-refractivity contribution is -0.116. The van der Waals surface area contributed by atoms with Crippen molar-refractivity contribution in [3.8, 4) is 5.75 Å². The summed E-state index contributed by atoms with van der Waals surface area (Å²) in [6.07, 6.45) is 3.95. The van der Waals surface area contributed by atoms with E-state index in [2.05, 4.69) is 10.1 Å². The second-order valence-corrected chi connectivity index (χ2v) is 6.78. The molecule has 0 saturated carbocycles. The Morgan fingerprint density at radius 2 is 2.05 bits per heavy atom. The molecule has 1 aromatic rings. The number of halogens is 2. The number of ether oxygens (including phenoxy) is 1. The van der Waals surface area contributed by atoms with Gasteiger partial charge >= 0.3 is 6.61 Å². The van der Waals surface area contributed by atoms with E-state index in [-0.39, 0.29) is 18.0 Å². The number of sulfone groups is 1. The van der Waals surface area contributed by atoms with E-state index in [1.165, 1.54) is 24.3 Å². The summed E-state index contributed by atoms with van der Waals surface area (Å²) < 4.78 is 50.6. The lowest BCUT2D eigenvalue weighted by atomic mass is 10.2. The number of para-hydroxylation sites is 1. The fraction of sp³-hybridized carbons (Fsp3) is 0.357. The molecule has 0 unspecified atom stereocenters. The molecule has 22 heavy (non-hydrogen) atoms. The zero-order valence-corrected chi connectivity index (χ0v) is 12.8. The summed E-state index contributed by atoms with van der Waals surface area (Å²) in [6, 6.07) is 6.07. The van der Waals surface area contributed by atoms with Crippen molar-refractivity contribution in [1.82, 2.24) is 5.32 Å². The Morgan fingerprint density at radius 1 is 1.36 bits per heavy atom. The molecule has 1 N–H and O–H groups in total. The van der Waals surface area contributed by atoms with Crippen LogP contribution in [-0.2, 0) is 14.6 Å². The van der Waals surface area contributed by atoms with E-state index in [9.17, 15) is 22.0 Å². The summed E-state index contributed by atoms with van der Waals surface area (Å²) in [5.74, 6) is -0.485. The predicted octanol–water partition coefficient (Wildman–Crippen LogP) is 1.85. The quantitative estimate of drug-likeness (QED) is 0.582. The van der Waals surface area contributed by atoms with Crippen molar-refractivity contribution in [2.75, 3.05) is 18.6 Å². The van der Waals surface area contributed by atoms with Gasteiger partial charge in [0, 0.05) is 24.4 Å². The molecular weight excluding hydrogens is 316 g/mol. The smallest absolute Gasteiger partial charge is 0.387 e. The first-order valence-corrected chi connectivity index (χ1v) is 8.51. The first kappa shape index (κ1) is 18.1. The molecule has 0 aliphatic heterocycles. The van der Waals surface area contributed by atoms with E-state index in [0.717, 1.165) is 6.26 Å². The van der Waals surface area contributed by atoms with Crippen molar-refractivity contribution in [2.45, 2.75) is 13.0 Å². The third-order valence-electron chi connectivity index (χ3n) is 2.54. The van der Waals surface area contributed by atoms with Crippen LogP contribution in [-0.4, -0.2) is 39.5 Å². The summed E-state index contributed by atoms with van der Waals surface area (Å²) in [5.41, 5.74) is 0.342. The van der Waals surface area contributed by atoms with E-state index in [0.29, 0.717) is 12.0 Å². The van der Waals surface area contributed by atoms with Crippen LogP contribution in [0.2, 0.25) is 0 Å². The van der Waals surface area contributed by atoms with Crippen LogP contribution in [0, 0.1) is 0 Å². The number of amides is 1. The first-order chi connectivity index (χ1) is 10.3. The van der Waals surface area contributed by atoms with Gasteiger partial charge in [-0.05, 0) is 18.6 Å². The molecule has 0 atom stereocenters. The minimum Gasteiger partial charge on any atom is -0.434 e. The van der Waals surface area contributed by atoms with E-state index in [1.54, 1.807) is 12.1 Å². The van der Waals surface area contributed by atoms with Crippen LogP contribution in [0.1, 0.15) is 12.0 Å². The zero-order chi connectivity index (χ0) is 16.6. The van der Waals surface area contributed by atoms with Gasteiger partial charge in [0.1, 0.15) is 15.6 Å². The highest BCUT2D eigenvalue weighted by Gasteiger charge is 2.07. The zero-order valence-electron chi connectivity index (χ0n) is 12.0. The van der Waals surface area contributed by atoms with Gasteiger partial charge in [-0.3, -0.25) is 4.79 Å². The van der Waals surface area contributed by atoms with Crippen molar-refractivity contribution in [1.29, 1.82) is 0 Å². The summed E-state index contributed by atoms with van der Waals surface area (Å²) in [7, 11) is -3.05. The molecule has 0 spiro atoms. The van der Waals surface area contributed by atoms with Crippen molar-refractivity contribution >= 4 is 21.8 Å². The molecule has 0 heterocycles. The van der Waals surface area contributed by atoms with Crippen LogP contribution in [0.15, 0.2) is 30.3 Å². The number of alkyl halides is 2. The minimum absolute atomic E-state index is 0.0118. The van der Waals surface area contributed by atoms with E-state index >= 15 is 0 Å². The van der Waals surface area contributed by atoms with Gasteiger partial charge < -0.3 is 10.1 Å². The fourth-order valence-corrected chi connectivity index (χ4v) is 2.26. The van der Waals surface area contributed by atoms with Crippen LogP contribution in [0.5, 0.6) is 5.75 Å². The van der Waals surface area contributed by atoms with Gasteiger partial charge in [-0.1, -0.05) is 18.2 Å². The highest BCUT2D eigenvalue weighted by molar-refractivity contribution is 7.90. The van der Waals surface area contributed by atoms with Gasteiger partial charge in [-0.15, -0.1) is 0 Å². The topological polar surface area (TPSA) is 72.5 Å². The highest BCUT2D eigenvalue weighted by atomic mass is 32.2. The SMILES string of the molecule is CS(=O)(=O)CCCNC(=O)/C=C/c1ccccc1OC(F)F. The number of benzene rings is 1. The van der Waals surface area contributed by atoms with Crippen molar-refractivity contribution < 1.29 is 26.7 Å². The molecule has 0 saturated heterocycles. The number of hydrogen-bond acceptors (Lipinski definition) is 4. The maximum absolute atomic E-state index is 12.2. The summed E-state index contributed by atoms with van der Waals surface area (Å²) in [6.45, 7) is -2.73. The minimum atomic E-state index is -3.05. The second kappa shape index (κ2) is 8.47. The largest absolute Gasteiger partial charge is 0.434 e. The van der Waals surface area contributed by atoms with Gasteiger partial charge in [-0.25, -0.2) is 8.42 Å². The maximum Gasteiger partial charge on any atom is 0.387 e. The highest BCUT2D eigenvalue weighted by Crippen LogP contribution is 2.21. The summed E-state index contributed by atoms with van der Waals surface area (Å²) in [4.78, 5) is 11.5. The van der Waals surface area contributed by atoms with Crippen molar-refractivity contribution in [2.24, 2.45) is 0 Å². The first-order valence-electron chi connectivity index (χ1n) is 6.45. The van der Waals surface area contributed by atoms with Crippen LogP contribution in [0.4, 0.5) is 8.78 Å². The average Bonchev–Trinajstić information content (AvgIpc) is 2.41. The van der Waals surface area contributed by atoms with Crippen LogP contribution < -0.4 is 10.1 Å². The lowest BCUT2D eigenvalue weighted by Gasteiger charge is -2.07. The lowest BCUT2D eigenvalue weighted by Crippen LogP contribution is -2.23. The van der Waals surface area contributed by atoms with Gasteiger partial charge in [-0.2, -0.15) is 8.78 Å². The Bertz CT molecular complexity index is 629. The van der Waals surface area contributed by atoms with Crippen LogP contribution in [0.3, 0.4) is 0 Å². The predicted molar refractivity (Wildman–Crippen MR) is 79.4 cm³/mol. The molecule has 8 heteroatoms. The molecular formula is C14H17F2NO4S. The van der Waals surface area contributed by atoms with Gasteiger partial charge in [0.05, 0.1) is 5.75 Å². The monoisotopic (exact) mass is 333 g/mol. The fourth-order valence-electron chi connectivity index (χ4n) is 1.59. The number of nitrogens with one attached hydrogen (secondary N) is 1. The van der Waals surface area contributed by atoms with Gasteiger partial charge in [0.25, 0.3) is 0 Å². The molecule has 0 radical (unpaired) electrons. The third kappa shape index (κ3) is 7.72. The van der Waals surface area contributed by atoms with E-state index in [1.807, 2.05) is 0 Å². The van der Waals surface area contributed by atoms with E-state index in [4.69, 9.17) is 0 Å². The number of rotatable bonds is 8. The molecule has 122 valence electrons. The maximum atomic E-state index is 12.2. The summed E-state index contributed by atoms with van der Waals surface area (Å²) in [5, 5.41) is 2.51. The molecule has 1 aromatic carbocycles.